The lowest BCUT2D eigenvalue weighted by molar-refractivity contribution is -0.140. The Morgan fingerprint density at radius 2 is 1.43 bits per heavy atom. The largest absolute Gasteiger partial charge is 0.493 e. The van der Waals surface area contributed by atoms with E-state index in [4.69, 9.17) is 21.1 Å². The number of rotatable bonds is 14. The number of nitrogens with one attached hydrogen (secondary N) is 1. The number of carbonyl (C=O) groups is 2. The second kappa shape index (κ2) is 15.6. The molecule has 2 amide bonds. The molecule has 1 atom stereocenters. The van der Waals surface area contributed by atoms with Gasteiger partial charge in [-0.15, -0.1) is 0 Å². The van der Waals surface area contributed by atoms with Crippen molar-refractivity contribution in [1.82, 2.24) is 10.2 Å². The van der Waals surface area contributed by atoms with Gasteiger partial charge >= 0.3 is 0 Å². The molecule has 4 rings (SSSR count). The topological polar surface area (TPSA) is 105 Å². The number of halogens is 1. The van der Waals surface area contributed by atoms with Crippen molar-refractivity contribution < 1.29 is 27.5 Å². The number of sulfonamides is 1. The lowest BCUT2D eigenvalue weighted by atomic mass is 10.0. The third-order valence-corrected chi connectivity index (χ3v) is 9.41. The Morgan fingerprint density at radius 1 is 0.826 bits per heavy atom. The maximum Gasteiger partial charge on any atom is 0.264 e. The van der Waals surface area contributed by atoms with Gasteiger partial charge in [-0.2, -0.15) is 0 Å². The second-order valence-electron chi connectivity index (χ2n) is 10.8. The number of anilines is 1. The summed E-state index contributed by atoms with van der Waals surface area (Å²) in [5, 5.41) is 3.36. The summed E-state index contributed by atoms with van der Waals surface area (Å²) in [5.41, 5.74) is 1.72. The zero-order valence-corrected chi connectivity index (χ0v) is 27.8. The first kappa shape index (κ1) is 34.3. The van der Waals surface area contributed by atoms with Gasteiger partial charge in [-0.05, 0) is 55.3 Å². The molecular weight excluding hydrogens is 626 g/mol. The summed E-state index contributed by atoms with van der Waals surface area (Å²) in [4.78, 5) is 29.6. The van der Waals surface area contributed by atoms with Crippen molar-refractivity contribution in [3.05, 3.63) is 119 Å². The molecule has 0 heterocycles. The fourth-order valence-corrected chi connectivity index (χ4v) is 6.60. The van der Waals surface area contributed by atoms with E-state index in [1.54, 1.807) is 54.6 Å². The fourth-order valence-electron chi connectivity index (χ4n) is 4.97. The minimum absolute atomic E-state index is 0.0272. The monoisotopic (exact) mass is 663 g/mol. The van der Waals surface area contributed by atoms with Gasteiger partial charge in [0.15, 0.2) is 11.5 Å². The van der Waals surface area contributed by atoms with Crippen molar-refractivity contribution in [3.63, 3.8) is 0 Å². The zero-order chi connectivity index (χ0) is 33.3. The van der Waals surface area contributed by atoms with E-state index in [-0.39, 0.29) is 41.2 Å². The fraction of sp³-hybridized carbons (Fsp3) is 0.257. The number of nitrogens with zero attached hydrogens (tertiary/aromatic N) is 2. The van der Waals surface area contributed by atoms with Crippen LogP contribution in [-0.2, 0) is 32.6 Å². The van der Waals surface area contributed by atoms with Crippen molar-refractivity contribution in [2.45, 2.75) is 43.8 Å². The quantitative estimate of drug-likeness (QED) is 0.185. The number of carbonyl (C=O) groups excluding carboxylic acids is 2. The summed E-state index contributed by atoms with van der Waals surface area (Å²) < 4.78 is 40.2. The molecule has 0 unspecified atom stereocenters. The highest BCUT2D eigenvalue weighted by atomic mass is 35.5. The highest BCUT2D eigenvalue weighted by Gasteiger charge is 2.35. The minimum Gasteiger partial charge on any atom is -0.493 e. The number of ether oxygens (including phenoxy) is 2. The van der Waals surface area contributed by atoms with Gasteiger partial charge in [0.1, 0.15) is 12.6 Å². The molecule has 0 fully saturated rings. The molecule has 4 aromatic carbocycles. The predicted octanol–water partition coefficient (Wildman–Crippen LogP) is 5.72. The van der Waals surface area contributed by atoms with Crippen molar-refractivity contribution in [1.29, 1.82) is 0 Å². The molecule has 9 nitrogen and oxygen atoms in total. The van der Waals surface area contributed by atoms with Crippen LogP contribution in [-0.4, -0.2) is 58.0 Å². The summed E-state index contributed by atoms with van der Waals surface area (Å²) >= 11 is 6.54. The summed E-state index contributed by atoms with van der Waals surface area (Å²) in [5.74, 6) is -0.382. The molecule has 1 N–H and O–H groups in total. The third kappa shape index (κ3) is 8.38. The SMILES string of the molecule is COc1ccc(S(=O)(=O)N(CC(=O)N(Cc2ccccc2Cl)[C@@H](Cc2ccccc2)C(=O)NC(C)C)c2ccccc2)cc1OC. The average molecular weight is 664 g/mol. The number of methoxy groups -OCH3 is 2. The number of hydrogen-bond donors (Lipinski definition) is 1. The van der Waals surface area contributed by atoms with Gasteiger partial charge < -0.3 is 19.7 Å². The Kier molecular flexibility index (Phi) is 11.7. The molecule has 11 heteroatoms. The average Bonchev–Trinajstić information content (AvgIpc) is 3.06. The van der Waals surface area contributed by atoms with E-state index >= 15 is 0 Å². The first-order chi connectivity index (χ1) is 22.0. The van der Waals surface area contributed by atoms with Crippen LogP contribution in [0.5, 0.6) is 11.5 Å². The number of benzene rings is 4. The molecular formula is C35H38ClN3O6S. The Morgan fingerprint density at radius 3 is 2.04 bits per heavy atom. The predicted molar refractivity (Wildman–Crippen MR) is 180 cm³/mol. The highest BCUT2D eigenvalue weighted by molar-refractivity contribution is 7.92. The smallest absolute Gasteiger partial charge is 0.264 e. The van der Waals surface area contributed by atoms with Gasteiger partial charge in [-0.1, -0.05) is 78.3 Å². The molecule has 0 saturated carbocycles. The van der Waals surface area contributed by atoms with Crippen LogP contribution in [0.4, 0.5) is 5.69 Å². The maximum atomic E-state index is 14.5. The van der Waals surface area contributed by atoms with Crippen molar-refractivity contribution in [3.8, 4) is 11.5 Å². The molecule has 242 valence electrons. The van der Waals surface area contributed by atoms with E-state index in [0.29, 0.717) is 16.3 Å². The third-order valence-electron chi connectivity index (χ3n) is 7.27. The Hall–Kier alpha value is -4.54. The van der Waals surface area contributed by atoms with Crippen LogP contribution in [0.3, 0.4) is 0 Å². The van der Waals surface area contributed by atoms with E-state index in [1.165, 1.54) is 37.3 Å². The van der Waals surface area contributed by atoms with Gasteiger partial charge in [0.2, 0.25) is 11.8 Å². The van der Waals surface area contributed by atoms with Crippen LogP contribution in [0, 0.1) is 0 Å². The van der Waals surface area contributed by atoms with Crippen molar-refractivity contribution in [2.24, 2.45) is 0 Å². The number of amides is 2. The first-order valence-corrected chi connectivity index (χ1v) is 16.5. The summed E-state index contributed by atoms with van der Waals surface area (Å²) in [6.07, 6.45) is 0.198. The van der Waals surface area contributed by atoms with Crippen LogP contribution >= 0.6 is 11.6 Å². The lowest BCUT2D eigenvalue weighted by Gasteiger charge is -2.34. The lowest BCUT2D eigenvalue weighted by Crippen LogP contribution is -2.54. The molecule has 0 aliphatic heterocycles. The zero-order valence-electron chi connectivity index (χ0n) is 26.2. The number of para-hydroxylation sites is 1. The highest BCUT2D eigenvalue weighted by Crippen LogP contribution is 2.32. The first-order valence-electron chi connectivity index (χ1n) is 14.7. The van der Waals surface area contributed by atoms with Gasteiger partial charge in [0.05, 0.1) is 24.8 Å². The minimum atomic E-state index is -4.32. The summed E-state index contributed by atoms with van der Waals surface area (Å²) in [7, 11) is -1.46. The standard InChI is InChI=1S/C35H38ClN3O6S/c1-25(2)37-35(41)31(21-26-13-7-5-8-14-26)38(23-27-15-11-12-18-30(27)36)34(40)24-39(28-16-9-6-10-17-28)46(42,43)29-19-20-32(44-3)33(22-29)45-4/h5-20,22,25,31H,21,23-24H2,1-4H3,(H,37,41)/t31-/m0/s1. The second-order valence-corrected chi connectivity index (χ2v) is 13.1. The Balaban J connectivity index is 1.82. The van der Waals surface area contributed by atoms with E-state index in [9.17, 15) is 18.0 Å². The molecule has 46 heavy (non-hydrogen) atoms. The van der Waals surface area contributed by atoms with Crippen molar-refractivity contribution in [2.75, 3.05) is 25.1 Å². The number of hydrogen-bond acceptors (Lipinski definition) is 6. The molecule has 0 aliphatic rings. The molecule has 0 aliphatic carbocycles. The Bertz CT molecular complexity index is 1740. The van der Waals surface area contributed by atoms with E-state index in [1.807, 2.05) is 44.2 Å². The van der Waals surface area contributed by atoms with Crippen LogP contribution in [0.15, 0.2) is 108 Å². The van der Waals surface area contributed by atoms with E-state index in [0.717, 1.165) is 9.87 Å². The van der Waals surface area contributed by atoms with Crippen LogP contribution in [0.1, 0.15) is 25.0 Å². The van der Waals surface area contributed by atoms with Gasteiger partial charge in [0, 0.05) is 30.1 Å². The molecule has 0 aromatic heterocycles. The molecule has 0 saturated heterocycles. The normalized spacial score (nSPS) is 11.9. The Labute approximate surface area is 275 Å². The van der Waals surface area contributed by atoms with E-state index in [2.05, 4.69) is 5.32 Å². The van der Waals surface area contributed by atoms with Gasteiger partial charge in [0.25, 0.3) is 10.0 Å². The van der Waals surface area contributed by atoms with Crippen molar-refractivity contribution >= 4 is 39.1 Å². The molecule has 0 spiro atoms. The molecule has 0 radical (unpaired) electrons. The summed E-state index contributed by atoms with van der Waals surface area (Å²) in [6, 6.07) is 27.8. The van der Waals surface area contributed by atoms with Crippen LogP contribution < -0.4 is 19.1 Å². The molecule has 0 bridgehead atoms. The van der Waals surface area contributed by atoms with Gasteiger partial charge in [-0.25, -0.2) is 8.42 Å². The summed E-state index contributed by atoms with van der Waals surface area (Å²) in [6.45, 7) is 3.06. The van der Waals surface area contributed by atoms with E-state index < -0.39 is 28.5 Å². The van der Waals surface area contributed by atoms with Gasteiger partial charge in [-0.3, -0.25) is 13.9 Å². The van der Waals surface area contributed by atoms with Crippen LogP contribution in [0.25, 0.3) is 0 Å². The maximum absolute atomic E-state index is 14.5. The van der Waals surface area contributed by atoms with Crippen LogP contribution in [0.2, 0.25) is 5.02 Å². The molecule has 4 aromatic rings.